The molecular formula is C11H16N4. The largest absolute Gasteiger partial charge is 0.326 e. The molecule has 2 N–H and O–H groups in total. The number of hydrogen-bond donors (Lipinski definition) is 1. The Bertz CT molecular complexity index is 459. The van der Waals surface area contributed by atoms with E-state index in [-0.39, 0.29) is 0 Å². The second-order valence-corrected chi connectivity index (χ2v) is 3.77. The zero-order valence-corrected chi connectivity index (χ0v) is 9.36. The highest BCUT2D eigenvalue weighted by Gasteiger charge is 2.12. The van der Waals surface area contributed by atoms with Crippen LogP contribution in [0, 0.1) is 13.8 Å². The average molecular weight is 204 g/mol. The van der Waals surface area contributed by atoms with E-state index in [9.17, 15) is 0 Å². The van der Waals surface area contributed by atoms with Crippen molar-refractivity contribution in [2.75, 3.05) is 0 Å². The van der Waals surface area contributed by atoms with Crippen LogP contribution in [0.1, 0.15) is 17.0 Å². The van der Waals surface area contributed by atoms with Gasteiger partial charge in [-0.05, 0) is 26.0 Å². The van der Waals surface area contributed by atoms with Crippen molar-refractivity contribution in [2.45, 2.75) is 20.4 Å². The summed E-state index contributed by atoms with van der Waals surface area (Å²) in [4.78, 5) is 0. The third kappa shape index (κ3) is 1.47. The van der Waals surface area contributed by atoms with Gasteiger partial charge in [-0.15, -0.1) is 0 Å². The molecule has 0 radical (unpaired) electrons. The van der Waals surface area contributed by atoms with Crippen molar-refractivity contribution in [3.8, 4) is 5.82 Å². The lowest BCUT2D eigenvalue weighted by Gasteiger charge is -2.11. The molecule has 0 bridgehead atoms. The molecule has 0 atom stereocenters. The van der Waals surface area contributed by atoms with Crippen LogP contribution in [0.3, 0.4) is 0 Å². The predicted octanol–water partition coefficient (Wildman–Crippen LogP) is 1.29. The fourth-order valence-electron chi connectivity index (χ4n) is 1.91. The first-order valence-corrected chi connectivity index (χ1v) is 5.01. The van der Waals surface area contributed by atoms with E-state index in [1.807, 2.05) is 17.9 Å². The fourth-order valence-corrected chi connectivity index (χ4v) is 1.91. The first-order valence-electron chi connectivity index (χ1n) is 5.01. The quantitative estimate of drug-likeness (QED) is 0.801. The maximum Gasteiger partial charge on any atom is 0.139 e. The molecule has 0 aromatic carbocycles. The molecule has 0 aliphatic heterocycles. The van der Waals surface area contributed by atoms with Gasteiger partial charge in [0.05, 0.1) is 6.20 Å². The second kappa shape index (κ2) is 3.55. The van der Waals surface area contributed by atoms with Crippen LogP contribution < -0.4 is 5.73 Å². The van der Waals surface area contributed by atoms with Gasteiger partial charge < -0.3 is 10.3 Å². The summed E-state index contributed by atoms with van der Waals surface area (Å²) in [6.07, 6.45) is 1.83. The van der Waals surface area contributed by atoms with Gasteiger partial charge in [-0.3, -0.25) is 4.68 Å². The minimum Gasteiger partial charge on any atom is -0.326 e. The maximum absolute atomic E-state index is 5.70. The molecule has 0 aliphatic carbocycles. The predicted molar refractivity (Wildman–Crippen MR) is 59.9 cm³/mol. The number of rotatable bonds is 2. The summed E-state index contributed by atoms with van der Waals surface area (Å²) >= 11 is 0. The summed E-state index contributed by atoms with van der Waals surface area (Å²) in [5.74, 6) is 1.07. The molecule has 0 saturated heterocycles. The molecule has 2 aromatic rings. The van der Waals surface area contributed by atoms with Crippen molar-refractivity contribution in [1.29, 1.82) is 0 Å². The van der Waals surface area contributed by atoms with Crippen molar-refractivity contribution in [1.82, 2.24) is 14.3 Å². The summed E-state index contributed by atoms with van der Waals surface area (Å²) in [7, 11) is 1.94. The van der Waals surface area contributed by atoms with Gasteiger partial charge in [-0.1, -0.05) is 0 Å². The minimum absolute atomic E-state index is 0.514. The first-order chi connectivity index (χ1) is 7.15. The molecule has 2 rings (SSSR count). The fraction of sp³-hybridized carbons (Fsp3) is 0.364. The smallest absolute Gasteiger partial charge is 0.139 e. The molecule has 0 spiro atoms. The first kappa shape index (κ1) is 9.98. The molecule has 80 valence electrons. The molecule has 0 amide bonds. The number of nitrogens with zero attached hydrogens (tertiary/aromatic N) is 3. The molecule has 0 unspecified atom stereocenters. The van der Waals surface area contributed by atoms with E-state index >= 15 is 0 Å². The van der Waals surface area contributed by atoms with Gasteiger partial charge in [0.15, 0.2) is 0 Å². The topological polar surface area (TPSA) is 48.8 Å². The van der Waals surface area contributed by atoms with Crippen LogP contribution in [0.5, 0.6) is 0 Å². The van der Waals surface area contributed by atoms with Crippen LogP contribution in [0.4, 0.5) is 0 Å². The van der Waals surface area contributed by atoms with Crippen LogP contribution in [-0.4, -0.2) is 14.3 Å². The van der Waals surface area contributed by atoms with Gasteiger partial charge in [0, 0.05) is 30.5 Å². The average Bonchev–Trinajstić information content (AvgIpc) is 2.71. The van der Waals surface area contributed by atoms with Gasteiger partial charge in [0.25, 0.3) is 0 Å². The van der Waals surface area contributed by atoms with E-state index in [0.717, 1.165) is 11.4 Å². The molecule has 2 aromatic heterocycles. The molecule has 0 fully saturated rings. The molecule has 4 nitrogen and oxygen atoms in total. The lowest BCUT2D eigenvalue weighted by Crippen LogP contribution is -2.09. The third-order valence-corrected chi connectivity index (χ3v) is 2.68. The van der Waals surface area contributed by atoms with E-state index in [1.54, 1.807) is 0 Å². The second-order valence-electron chi connectivity index (χ2n) is 3.77. The van der Waals surface area contributed by atoms with Gasteiger partial charge in [-0.25, -0.2) is 0 Å². The third-order valence-electron chi connectivity index (χ3n) is 2.68. The number of nitrogens with two attached hydrogens (primary N) is 1. The van der Waals surface area contributed by atoms with E-state index in [1.165, 1.54) is 11.4 Å². The van der Waals surface area contributed by atoms with Crippen LogP contribution in [0.25, 0.3) is 5.82 Å². The Morgan fingerprint density at radius 1 is 1.27 bits per heavy atom. The SMILES string of the molecule is Cc1ccc(C)n1-c1c(CN)cnn1C. The van der Waals surface area contributed by atoms with Crippen molar-refractivity contribution in [3.05, 3.63) is 35.3 Å². The molecule has 0 aliphatic rings. The lowest BCUT2D eigenvalue weighted by atomic mass is 10.3. The van der Waals surface area contributed by atoms with E-state index in [2.05, 4.69) is 35.6 Å². The molecule has 15 heavy (non-hydrogen) atoms. The normalized spacial score (nSPS) is 10.9. The van der Waals surface area contributed by atoms with E-state index in [4.69, 9.17) is 5.73 Å². The zero-order chi connectivity index (χ0) is 11.0. The Hall–Kier alpha value is -1.55. The van der Waals surface area contributed by atoms with Crippen molar-refractivity contribution in [3.63, 3.8) is 0 Å². The minimum atomic E-state index is 0.514. The van der Waals surface area contributed by atoms with Crippen LogP contribution in [0.15, 0.2) is 18.3 Å². The van der Waals surface area contributed by atoms with Gasteiger partial charge >= 0.3 is 0 Å². The summed E-state index contributed by atoms with van der Waals surface area (Å²) in [5.41, 5.74) is 9.17. The van der Waals surface area contributed by atoms with Crippen LogP contribution in [-0.2, 0) is 13.6 Å². The highest BCUT2D eigenvalue weighted by molar-refractivity contribution is 5.38. The Morgan fingerprint density at radius 3 is 2.40 bits per heavy atom. The zero-order valence-electron chi connectivity index (χ0n) is 9.36. The van der Waals surface area contributed by atoms with Crippen LogP contribution >= 0.6 is 0 Å². The Labute approximate surface area is 89.3 Å². The van der Waals surface area contributed by atoms with Crippen molar-refractivity contribution in [2.24, 2.45) is 12.8 Å². The summed E-state index contributed by atoms with van der Waals surface area (Å²) in [6, 6.07) is 4.20. The van der Waals surface area contributed by atoms with E-state index < -0.39 is 0 Å². The van der Waals surface area contributed by atoms with Crippen LogP contribution in [0.2, 0.25) is 0 Å². The van der Waals surface area contributed by atoms with E-state index in [0.29, 0.717) is 6.54 Å². The monoisotopic (exact) mass is 204 g/mol. The lowest BCUT2D eigenvalue weighted by molar-refractivity contribution is 0.716. The Kier molecular flexibility index (Phi) is 2.36. The van der Waals surface area contributed by atoms with Crippen molar-refractivity contribution < 1.29 is 0 Å². The van der Waals surface area contributed by atoms with Gasteiger partial charge in [-0.2, -0.15) is 5.10 Å². The molecule has 4 heteroatoms. The maximum atomic E-state index is 5.70. The number of aromatic nitrogens is 3. The highest BCUT2D eigenvalue weighted by atomic mass is 15.3. The standard InChI is InChI=1S/C11H16N4/c1-8-4-5-9(2)15(8)11-10(6-12)7-13-14(11)3/h4-5,7H,6,12H2,1-3H3. The molecular weight excluding hydrogens is 188 g/mol. The number of aryl methyl sites for hydroxylation is 3. The van der Waals surface area contributed by atoms with Gasteiger partial charge in [0.2, 0.25) is 0 Å². The molecule has 0 saturated carbocycles. The Morgan fingerprint density at radius 2 is 1.87 bits per heavy atom. The molecule has 2 heterocycles. The summed E-state index contributed by atoms with van der Waals surface area (Å²) in [5, 5.41) is 4.24. The highest BCUT2D eigenvalue weighted by Crippen LogP contribution is 2.19. The summed E-state index contributed by atoms with van der Waals surface area (Å²) in [6.45, 7) is 4.68. The van der Waals surface area contributed by atoms with Gasteiger partial charge in [0.1, 0.15) is 5.82 Å². The summed E-state index contributed by atoms with van der Waals surface area (Å²) < 4.78 is 4.04. The number of hydrogen-bond acceptors (Lipinski definition) is 2. The Balaban J connectivity index is 2.67. The van der Waals surface area contributed by atoms with Crippen molar-refractivity contribution >= 4 is 0 Å².